The highest BCUT2D eigenvalue weighted by Crippen LogP contribution is 2.25. The van der Waals surface area contributed by atoms with Gasteiger partial charge in [-0.15, -0.1) is 11.3 Å². The molecule has 4 nitrogen and oxygen atoms in total. The minimum atomic E-state index is -0.418. The molecule has 1 aromatic carbocycles. The van der Waals surface area contributed by atoms with Crippen LogP contribution in [0.3, 0.4) is 0 Å². The van der Waals surface area contributed by atoms with Gasteiger partial charge < -0.3 is 15.2 Å². The van der Waals surface area contributed by atoms with E-state index in [1.54, 1.807) is 20.1 Å². The number of hydrogen-bond acceptors (Lipinski definition) is 4. The summed E-state index contributed by atoms with van der Waals surface area (Å²) in [6.45, 7) is 2.24. The Morgan fingerprint density at radius 2 is 2.05 bits per heavy atom. The standard InChI is InChI=1S/C17H21NO3S/c1-12(19)10-14(13-6-4-3-5-7-13)11-18-17(20)16-15(21-2)8-9-22-16/h3-9,12,14,19H,10-11H2,1-2H3,(H,18,20)/t12-,14-/m1/s1. The summed E-state index contributed by atoms with van der Waals surface area (Å²) in [6.07, 6.45) is 0.185. The lowest BCUT2D eigenvalue weighted by atomic mass is 9.93. The highest BCUT2D eigenvalue weighted by atomic mass is 32.1. The maximum atomic E-state index is 12.3. The third-order valence-electron chi connectivity index (χ3n) is 3.46. The van der Waals surface area contributed by atoms with Gasteiger partial charge >= 0.3 is 0 Å². The molecule has 1 aromatic heterocycles. The normalized spacial score (nSPS) is 13.4. The lowest BCUT2D eigenvalue weighted by molar-refractivity contribution is 0.0947. The van der Waals surface area contributed by atoms with Crippen LogP contribution in [0, 0.1) is 0 Å². The minimum absolute atomic E-state index is 0.0797. The van der Waals surface area contributed by atoms with Crippen molar-refractivity contribution >= 4 is 17.2 Å². The molecule has 1 heterocycles. The number of rotatable bonds is 7. The fourth-order valence-corrected chi connectivity index (χ4v) is 3.17. The second-order valence-corrected chi connectivity index (χ2v) is 6.14. The molecule has 118 valence electrons. The lowest BCUT2D eigenvalue weighted by Gasteiger charge is -2.19. The predicted molar refractivity (Wildman–Crippen MR) is 88.7 cm³/mol. The fraction of sp³-hybridized carbons (Fsp3) is 0.353. The van der Waals surface area contributed by atoms with E-state index in [4.69, 9.17) is 4.74 Å². The topological polar surface area (TPSA) is 58.6 Å². The lowest BCUT2D eigenvalue weighted by Crippen LogP contribution is -2.29. The van der Waals surface area contributed by atoms with Gasteiger partial charge in [-0.2, -0.15) is 0 Å². The quantitative estimate of drug-likeness (QED) is 0.824. The van der Waals surface area contributed by atoms with Crippen molar-refractivity contribution < 1.29 is 14.6 Å². The summed E-state index contributed by atoms with van der Waals surface area (Å²) in [5.74, 6) is 0.531. The minimum Gasteiger partial charge on any atom is -0.495 e. The zero-order valence-electron chi connectivity index (χ0n) is 12.8. The summed E-state index contributed by atoms with van der Waals surface area (Å²) in [6, 6.07) is 11.7. The van der Waals surface area contributed by atoms with Gasteiger partial charge in [0.1, 0.15) is 10.6 Å². The fourth-order valence-electron chi connectivity index (χ4n) is 2.39. The van der Waals surface area contributed by atoms with E-state index in [1.807, 2.05) is 35.7 Å². The molecular weight excluding hydrogens is 298 g/mol. The molecule has 5 heteroatoms. The van der Waals surface area contributed by atoms with E-state index in [0.717, 1.165) is 5.56 Å². The van der Waals surface area contributed by atoms with Crippen molar-refractivity contribution in [3.05, 3.63) is 52.2 Å². The van der Waals surface area contributed by atoms with Crippen molar-refractivity contribution in [2.45, 2.75) is 25.4 Å². The second-order valence-electron chi connectivity index (χ2n) is 5.22. The zero-order valence-corrected chi connectivity index (χ0v) is 13.6. The summed E-state index contributed by atoms with van der Waals surface area (Å²) >= 11 is 1.36. The molecule has 0 aliphatic carbocycles. The number of carbonyl (C=O) groups is 1. The first-order valence-electron chi connectivity index (χ1n) is 7.24. The third kappa shape index (κ3) is 4.32. The Morgan fingerprint density at radius 3 is 2.68 bits per heavy atom. The maximum Gasteiger partial charge on any atom is 0.265 e. The van der Waals surface area contributed by atoms with Crippen LogP contribution in [0.4, 0.5) is 0 Å². The molecule has 1 amide bonds. The van der Waals surface area contributed by atoms with Gasteiger partial charge in [-0.25, -0.2) is 0 Å². The first kappa shape index (κ1) is 16.5. The number of hydrogen-bond donors (Lipinski definition) is 2. The summed E-state index contributed by atoms with van der Waals surface area (Å²) in [5.41, 5.74) is 1.11. The number of methoxy groups -OCH3 is 1. The van der Waals surface area contributed by atoms with Crippen LogP contribution in [-0.2, 0) is 0 Å². The molecule has 2 atom stereocenters. The Balaban J connectivity index is 2.04. The number of nitrogens with one attached hydrogen (secondary N) is 1. The van der Waals surface area contributed by atoms with Crippen LogP contribution >= 0.6 is 11.3 Å². The summed E-state index contributed by atoms with van der Waals surface area (Å²) < 4.78 is 5.17. The van der Waals surface area contributed by atoms with Crippen LogP contribution in [0.1, 0.15) is 34.5 Å². The molecule has 0 saturated carbocycles. The molecule has 0 saturated heterocycles. The molecule has 22 heavy (non-hydrogen) atoms. The zero-order chi connectivity index (χ0) is 15.9. The number of aliphatic hydroxyl groups excluding tert-OH is 1. The SMILES string of the molecule is COc1ccsc1C(=O)NC[C@@H](C[C@@H](C)O)c1ccccc1. The largest absolute Gasteiger partial charge is 0.495 e. The Bertz CT molecular complexity index is 595. The summed E-state index contributed by atoms with van der Waals surface area (Å²) in [7, 11) is 1.55. The van der Waals surface area contributed by atoms with E-state index >= 15 is 0 Å². The first-order valence-corrected chi connectivity index (χ1v) is 8.12. The van der Waals surface area contributed by atoms with Crippen LogP contribution in [-0.4, -0.2) is 30.8 Å². The molecule has 0 aliphatic heterocycles. The van der Waals surface area contributed by atoms with Crippen molar-refractivity contribution in [2.24, 2.45) is 0 Å². The van der Waals surface area contributed by atoms with Crippen LogP contribution in [0.5, 0.6) is 5.75 Å². The van der Waals surface area contributed by atoms with Crippen molar-refractivity contribution in [1.82, 2.24) is 5.32 Å². The van der Waals surface area contributed by atoms with Crippen molar-refractivity contribution in [3.63, 3.8) is 0 Å². The van der Waals surface area contributed by atoms with Gasteiger partial charge in [-0.05, 0) is 30.4 Å². The second kappa shape index (κ2) is 7.96. The summed E-state index contributed by atoms with van der Waals surface area (Å²) in [5, 5.41) is 14.5. The van der Waals surface area contributed by atoms with Crippen molar-refractivity contribution in [1.29, 1.82) is 0 Å². The highest BCUT2D eigenvalue weighted by Gasteiger charge is 2.18. The van der Waals surface area contributed by atoms with Gasteiger partial charge in [0.25, 0.3) is 5.91 Å². The average Bonchev–Trinajstić information content (AvgIpc) is 3.00. The van der Waals surface area contributed by atoms with Crippen LogP contribution in [0.15, 0.2) is 41.8 Å². The predicted octanol–water partition coefficient (Wildman–Crippen LogP) is 3.04. The molecule has 0 unspecified atom stereocenters. The van der Waals surface area contributed by atoms with E-state index in [2.05, 4.69) is 5.32 Å². The van der Waals surface area contributed by atoms with Gasteiger partial charge in [-0.3, -0.25) is 4.79 Å². The summed E-state index contributed by atoms with van der Waals surface area (Å²) in [4.78, 5) is 12.8. The smallest absolute Gasteiger partial charge is 0.265 e. The molecule has 2 N–H and O–H groups in total. The van der Waals surface area contributed by atoms with Gasteiger partial charge in [-0.1, -0.05) is 30.3 Å². The first-order chi connectivity index (χ1) is 10.6. The Kier molecular flexibility index (Phi) is 5.98. The van der Waals surface area contributed by atoms with Crippen molar-refractivity contribution in [2.75, 3.05) is 13.7 Å². The Hall–Kier alpha value is -1.85. The van der Waals surface area contributed by atoms with Gasteiger partial charge in [0, 0.05) is 12.5 Å². The number of amides is 1. The molecule has 2 aromatic rings. The van der Waals surface area contributed by atoms with Crippen molar-refractivity contribution in [3.8, 4) is 5.75 Å². The molecule has 0 aliphatic rings. The maximum absolute atomic E-state index is 12.3. The molecule has 2 rings (SSSR count). The van der Waals surface area contributed by atoms with E-state index < -0.39 is 6.10 Å². The Labute approximate surface area is 134 Å². The van der Waals surface area contributed by atoms with Crippen LogP contribution in [0.25, 0.3) is 0 Å². The monoisotopic (exact) mass is 319 g/mol. The van der Waals surface area contributed by atoms with Crippen LogP contribution < -0.4 is 10.1 Å². The van der Waals surface area contributed by atoms with Gasteiger partial charge in [0.05, 0.1) is 13.2 Å². The van der Waals surface area contributed by atoms with E-state index in [0.29, 0.717) is 23.6 Å². The third-order valence-corrected chi connectivity index (χ3v) is 4.36. The molecule has 0 fully saturated rings. The number of aliphatic hydroxyl groups is 1. The number of thiophene rings is 1. The Morgan fingerprint density at radius 1 is 1.32 bits per heavy atom. The number of benzene rings is 1. The highest BCUT2D eigenvalue weighted by molar-refractivity contribution is 7.12. The van der Waals surface area contributed by atoms with Crippen LogP contribution in [0.2, 0.25) is 0 Å². The van der Waals surface area contributed by atoms with E-state index in [9.17, 15) is 9.90 Å². The van der Waals surface area contributed by atoms with E-state index in [1.165, 1.54) is 11.3 Å². The molecule has 0 spiro atoms. The average molecular weight is 319 g/mol. The molecular formula is C17H21NO3S. The number of ether oxygens (including phenoxy) is 1. The van der Waals surface area contributed by atoms with Gasteiger partial charge in [0.15, 0.2) is 0 Å². The van der Waals surface area contributed by atoms with E-state index in [-0.39, 0.29) is 11.8 Å². The molecule has 0 radical (unpaired) electrons. The number of carbonyl (C=O) groups excluding carboxylic acids is 1. The van der Waals surface area contributed by atoms with Gasteiger partial charge in [0.2, 0.25) is 0 Å². The molecule has 0 bridgehead atoms.